The Labute approximate surface area is 87.0 Å². The minimum Gasteiger partial charge on any atom is -0.438 e. The smallest absolute Gasteiger partial charge is 0.226 e. The molecule has 0 aliphatic rings. The van der Waals surface area contributed by atoms with Crippen LogP contribution in [0.2, 0.25) is 0 Å². The van der Waals surface area contributed by atoms with E-state index in [4.69, 9.17) is 10.3 Å². The minimum absolute atomic E-state index is 0.756. The molecule has 0 aliphatic heterocycles. The van der Waals surface area contributed by atoms with Crippen LogP contribution >= 0.6 is 0 Å². The summed E-state index contributed by atoms with van der Waals surface area (Å²) in [6.45, 7) is 4.07. The summed E-state index contributed by atoms with van der Waals surface area (Å²) in [5.74, 6) is 5.93. The molecule has 0 bridgehead atoms. The number of nitrogens with zero attached hydrogens (tertiary/aromatic N) is 1. The third kappa shape index (κ3) is 0.897. The molecule has 2 aromatic heterocycles. The number of aryl methyl sites for hydroxylation is 1. The van der Waals surface area contributed by atoms with E-state index in [1.165, 1.54) is 5.56 Å². The van der Waals surface area contributed by atoms with Gasteiger partial charge in [0.05, 0.1) is 5.39 Å². The molecule has 76 valence electrons. The van der Waals surface area contributed by atoms with Gasteiger partial charge in [0, 0.05) is 11.1 Å². The predicted octanol–water partition coefficient (Wildman–Crippen LogP) is 2.72. The molecule has 0 atom stereocenters. The number of hydrogen-bond donors (Lipinski definition) is 1. The summed E-state index contributed by atoms with van der Waals surface area (Å²) in [7, 11) is 0. The van der Waals surface area contributed by atoms with Gasteiger partial charge in [-0.05, 0) is 25.5 Å². The molecule has 2 heterocycles. The van der Waals surface area contributed by atoms with Gasteiger partial charge < -0.3 is 10.3 Å². The van der Waals surface area contributed by atoms with Crippen molar-refractivity contribution in [3.05, 3.63) is 35.5 Å². The second-order valence-corrected chi connectivity index (χ2v) is 3.86. The van der Waals surface area contributed by atoms with Crippen LogP contribution in [0.5, 0.6) is 0 Å². The lowest BCUT2D eigenvalue weighted by atomic mass is 10.1. The lowest BCUT2D eigenvalue weighted by Crippen LogP contribution is -2.08. The number of aromatic nitrogens is 1. The normalized spacial score (nSPS) is 11.6. The number of nitrogens with two attached hydrogens (primary N) is 1. The van der Waals surface area contributed by atoms with Crippen molar-refractivity contribution in [2.24, 2.45) is 0 Å². The van der Waals surface area contributed by atoms with Crippen molar-refractivity contribution in [1.29, 1.82) is 0 Å². The van der Waals surface area contributed by atoms with Crippen molar-refractivity contribution in [2.45, 2.75) is 13.8 Å². The van der Waals surface area contributed by atoms with E-state index in [0.717, 1.165) is 27.8 Å². The summed E-state index contributed by atoms with van der Waals surface area (Å²) >= 11 is 0. The van der Waals surface area contributed by atoms with Crippen LogP contribution in [-0.2, 0) is 0 Å². The van der Waals surface area contributed by atoms with Gasteiger partial charge in [0.25, 0.3) is 0 Å². The monoisotopic (exact) mass is 200 g/mol. The fourth-order valence-corrected chi connectivity index (χ4v) is 2.08. The standard InChI is InChI=1S/C12H12N2O/c1-7-8(2)14(13)12-11(7)9-5-3-4-6-10(9)15-12/h3-6H,13H2,1-2H3. The molecule has 0 saturated heterocycles. The highest BCUT2D eigenvalue weighted by Crippen LogP contribution is 2.33. The zero-order valence-electron chi connectivity index (χ0n) is 8.74. The highest BCUT2D eigenvalue weighted by Gasteiger charge is 2.16. The predicted molar refractivity (Wildman–Crippen MR) is 61.3 cm³/mol. The first-order valence-electron chi connectivity index (χ1n) is 4.94. The highest BCUT2D eigenvalue weighted by molar-refractivity contribution is 6.06. The Kier molecular flexibility index (Phi) is 1.44. The van der Waals surface area contributed by atoms with Gasteiger partial charge in [0.2, 0.25) is 5.71 Å². The molecular formula is C12H12N2O. The molecule has 15 heavy (non-hydrogen) atoms. The molecule has 3 rings (SSSR count). The van der Waals surface area contributed by atoms with E-state index in [1.54, 1.807) is 4.68 Å². The molecule has 0 spiro atoms. The summed E-state index contributed by atoms with van der Waals surface area (Å²) < 4.78 is 7.34. The van der Waals surface area contributed by atoms with E-state index in [2.05, 4.69) is 13.0 Å². The van der Waals surface area contributed by atoms with Gasteiger partial charge >= 0.3 is 0 Å². The number of nitrogen functional groups attached to an aromatic ring is 1. The number of fused-ring (bicyclic) bond motifs is 3. The Morgan fingerprint density at radius 2 is 1.93 bits per heavy atom. The third-order valence-corrected chi connectivity index (χ3v) is 3.07. The SMILES string of the molecule is Cc1c(C)n(N)c2oc3ccccc3c12. The first-order chi connectivity index (χ1) is 7.20. The topological polar surface area (TPSA) is 44.1 Å². The van der Waals surface area contributed by atoms with Crippen molar-refractivity contribution in [1.82, 2.24) is 4.68 Å². The average molecular weight is 200 g/mol. The molecule has 3 nitrogen and oxygen atoms in total. The van der Waals surface area contributed by atoms with E-state index < -0.39 is 0 Å². The Hall–Kier alpha value is -1.90. The average Bonchev–Trinajstić information content (AvgIpc) is 2.72. The maximum atomic E-state index is 5.93. The third-order valence-electron chi connectivity index (χ3n) is 3.07. The van der Waals surface area contributed by atoms with Crippen LogP contribution in [-0.4, -0.2) is 4.68 Å². The Balaban J connectivity index is 2.65. The zero-order valence-corrected chi connectivity index (χ0v) is 8.74. The van der Waals surface area contributed by atoms with Crippen LogP contribution in [0.25, 0.3) is 22.1 Å². The number of benzene rings is 1. The summed E-state index contributed by atoms with van der Waals surface area (Å²) in [5.41, 5.74) is 3.89. The number of rotatable bonds is 0. The van der Waals surface area contributed by atoms with E-state index in [-0.39, 0.29) is 0 Å². The number of hydrogen-bond acceptors (Lipinski definition) is 2. The Morgan fingerprint density at radius 1 is 1.20 bits per heavy atom. The van der Waals surface area contributed by atoms with Crippen molar-refractivity contribution in [2.75, 3.05) is 5.84 Å². The quantitative estimate of drug-likeness (QED) is 0.567. The molecule has 0 unspecified atom stereocenters. The molecule has 3 heteroatoms. The molecular weight excluding hydrogens is 188 g/mol. The Bertz CT molecular complexity index is 661. The van der Waals surface area contributed by atoms with Gasteiger partial charge in [0.1, 0.15) is 5.58 Å². The molecule has 0 fully saturated rings. The molecule has 1 aromatic carbocycles. The zero-order chi connectivity index (χ0) is 10.6. The lowest BCUT2D eigenvalue weighted by Gasteiger charge is -1.96. The summed E-state index contributed by atoms with van der Waals surface area (Å²) in [6, 6.07) is 8.01. The van der Waals surface area contributed by atoms with Gasteiger partial charge in [-0.15, -0.1) is 0 Å². The van der Waals surface area contributed by atoms with Crippen LogP contribution in [0.1, 0.15) is 11.3 Å². The number of furan rings is 1. The second-order valence-electron chi connectivity index (χ2n) is 3.86. The first kappa shape index (κ1) is 8.41. The second kappa shape index (κ2) is 2.57. The van der Waals surface area contributed by atoms with Gasteiger partial charge in [-0.1, -0.05) is 18.2 Å². The largest absolute Gasteiger partial charge is 0.438 e. The fourth-order valence-electron chi connectivity index (χ4n) is 2.08. The van der Waals surface area contributed by atoms with Crippen LogP contribution < -0.4 is 5.84 Å². The van der Waals surface area contributed by atoms with E-state index >= 15 is 0 Å². The van der Waals surface area contributed by atoms with Crippen molar-refractivity contribution >= 4 is 22.1 Å². The lowest BCUT2D eigenvalue weighted by molar-refractivity contribution is 0.635. The maximum absolute atomic E-state index is 5.93. The van der Waals surface area contributed by atoms with Gasteiger partial charge in [0.15, 0.2) is 0 Å². The molecule has 3 aromatic rings. The molecule has 0 amide bonds. The maximum Gasteiger partial charge on any atom is 0.226 e. The van der Waals surface area contributed by atoms with Crippen molar-refractivity contribution in [3.8, 4) is 0 Å². The van der Waals surface area contributed by atoms with Gasteiger partial charge in [-0.25, -0.2) is 4.68 Å². The van der Waals surface area contributed by atoms with Crippen molar-refractivity contribution < 1.29 is 4.42 Å². The molecule has 2 N–H and O–H groups in total. The summed E-state index contributed by atoms with van der Waals surface area (Å²) in [5, 5.41) is 2.27. The molecule has 0 aliphatic carbocycles. The van der Waals surface area contributed by atoms with E-state index in [1.807, 2.05) is 25.1 Å². The first-order valence-corrected chi connectivity index (χ1v) is 4.94. The van der Waals surface area contributed by atoms with E-state index in [9.17, 15) is 0 Å². The highest BCUT2D eigenvalue weighted by atomic mass is 16.3. The van der Waals surface area contributed by atoms with Gasteiger partial charge in [-0.2, -0.15) is 0 Å². The van der Waals surface area contributed by atoms with Crippen LogP contribution in [0.3, 0.4) is 0 Å². The minimum atomic E-state index is 0.756. The Morgan fingerprint density at radius 3 is 2.73 bits per heavy atom. The molecule has 0 radical (unpaired) electrons. The van der Waals surface area contributed by atoms with E-state index in [0.29, 0.717) is 0 Å². The summed E-state index contributed by atoms with van der Waals surface area (Å²) in [6.07, 6.45) is 0. The van der Waals surface area contributed by atoms with Crippen LogP contribution in [0.4, 0.5) is 0 Å². The number of para-hydroxylation sites is 1. The fraction of sp³-hybridized carbons (Fsp3) is 0.167. The van der Waals surface area contributed by atoms with Crippen LogP contribution in [0, 0.1) is 13.8 Å². The van der Waals surface area contributed by atoms with Crippen LogP contribution in [0.15, 0.2) is 28.7 Å². The molecule has 0 saturated carbocycles. The van der Waals surface area contributed by atoms with Crippen molar-refractivity contribution in [3.63, 3.8) is 0 Å². The summed E-state index contributed by atoms with van der Waals surface area (Å²) in [4.78, 5) is 0. The van der Waals surface area contributed by atoms with Gasteiger partial charge in [-0.3, -0.25) is 0 Å².